The molecule has 0 aliphatic carbocycles. The smallest absolute Gasteiger partial charge is 0.191 e. The summed E-state index contributed by atoms with van der Waals surface area (Å²) >= 11 is 1.81. The second-order valence-corrected chi connectivity index (χ2v) is 3.67. The van der Waals surface area contributed by atoms with Crippen molar-refractivity contribution in [2.75, 3.05) is 5.75 Å². The van der Waals surface area contributed by atoms with Crippen molar-refractivity contribution in [2.45, 2.75) is 31.5 Å². The third-order valence-electron chi connectivity index (χ3n) is 1.87. The van der Waals surface area contributed by atoms with Gasteiger partial charge in [0.1, 0.15) is 5.82 Å². The van der Waals surface area contributed by atoms with Gasteiger partial charge in [-0.05, 0) is 6.42 Å². The molecule has 0 amide bonds. The summed E-state index contributed by atoms with van der Waals surface area (Å²) in [6, 6.07) is 0. The van der Waals surface area contributed by atoms with E-state index in [1.54, 1.807) is 0 Å². The fourth-order valence-electron chi connectivity index (χ4n) is 1.30. The number of thioether (sulfide) groups is 1. The number of nitrogens with zero attached hydrogens (tertiary/aromatic N) is 3. The monoisotopic (exact) mass is 169 g/mol. The fraction of sp³-hybridized carbons (Fsp3) is 0.714. The maximum Gasteiger partial charge on any atom is 0.191 e. The Morgan fingerprint density at radius 3 is 3.27 bits per heavy atom. The van der Waals surface area contributed by atoms with Crippen molar-refractivity contribution in [2.24, 2.45) is 0 Å². The highest BCUT2D eigenvalue weighted by Gasteiger charge is 2.14. The molecule has 11 heavy (non-hydrogen) atoms. The fourth-order valence-corrected chi connectivity index (χ4v) is 2.21. The third kappa shape index (κ3) is 1.15. The Balaban J connectivity index is 2.38. The highest BCUT2D eigenvalue weighted by Crippen LogP contribution is 2.23. The average Bonchev–Trinajstić information content (AvgIpc) is 2.47. The molecule has 0 radical (unpaired) electrons. The van der Waals surface area contributed by atoms with Gasteiger partial charge in [0.15, 0.2) is 5.16 Å². The van der Waals surface area contributed by atoms with Crippen molar-refractivity contribution in [1.29, 1.82) is 0 Å². The van der Waals surface area contributed by atoms with Gasteiger partial charge in [-0.25, -0.2) is 0 Å². The van der Waals surface area contributed by atoms with Gasteiger partial charge < -0.3 is 4.57 Å². The van der Waals surface area contributed by atoms with E-state index in [1.165, 1.54) is 12.2 Å². The Morgan fingerprint density at radius 2 is 2.45 bits per heavy atom. The number of aromatic nitrogens is 3. The van der Waals surface area contributed by atoms with E-state index in [9.17, 15) is 0 Å². The van der Waals surface area contributed by atoms with Crippen LogP contribution in [-0.2, 0) is 13.0 Å². The van der Waals surface area contributed by atoms with Crippen molar-refractivity contribution in [1.82, 2.24) is 14.8 Å². The lowest BCUT2D eigenvalue weighted by molar-refractivity contribution is 0.583. The molecule has 2 rings (SSSR count). The standard InChI is InChI=1S/C7H11N3S/c1-2-6-8-9-7-10(6)4-3-5-11-7/h2-5H2,1H3. The zero-order valence-electron chi connectivity index (χ0n) is 6.58. The van der Waals surface area contributed by atoms with Crippen LogP contribution in [0.2, 0.25) is 0 Å². The first-order chi connectivity index (χ1) is 5.42. The number of rotatable bonds is 1. The maximum atomic E-state index is 4.11. The lowest BCUT2D eigenvalue weighted by Crippen LogP contribution is -2.09. The van der Waals surface area contributed by atoms with Crippen molar-refractivity contribution < 1.29 is 0 Å². The molecule has 1 aromatic heterocycles. The van der Waals surface area contributed by atoms with Crippen LogP contribution in [0.25, 0.3) is 0 Å². The molecule has 1 aliphatic rings. The van der Waals surface area contributed by atoms with E-state index in [0.717, 1.165) is 23.9 Å². The first kappa shape index (κ1) is 7.16. The SMILES string of the molecule is CCc1nnc2n1CCCS2. The van der Waals surface area contributed by atoms with Gasteiger partial charge in [0.2, 0.25) is 0 Å². The van der Waals surface area contributed by atoms with Crippen LogP contribution in [-0.4, -0.2) is 20.5 Å². The van der Waals surface area contributed by atoms with Gasteiger partial charge >= 0.3 is 0 Å². The second kappa shape index (κ2) is 2.85. The van der Waals surface area contributed by atoms with Gasteiger partial charge in [-0.3, -0.25) is 0 Å². The molecule has 0 unspecified atom stereocenters. The minimum absolute atomic E-state index is 0.994. The van der Waals surface area contributed by atoms with Crippen molar-refractivity contribution in [3.05, 3.63) is 5.82 Å². The molecule has 0 N–H and O–H groups in total. The minimum atomic E-state index is 0.994. The van der Waals surface area contributed by atoms with E-state index in [1.807, 2.05) is 11.8 Å². The van der Waals surface area contributed by atoms with Crippen LogP contribution < -0.4 is 0 Å². The van der Waals surface area contributed by atoms with Crippen LogP contribution in [0, 0.1) is 0 Å². The van der Waals surface area contributed by atoms with Gasteiger partial charge in [0.25, 0.3) is 0 Å². The molecule has 0 aromatic carbocycles. The molecular weight excluding hydrogens is 158 g/mol. The predicted octanol–water partition coefficient (Wildman–Crippen LogP) is 1.34. The van der Waals surface area contributed by atoms with Gasteiger partial charge in [-0.15, -0.1) is 10.2 Å². The van der Waals surface area contributed by atoms with Gasteiger partial charge in [-0.2, -0.15) is 0 Å². The van der Waals surface area contributed by atoms with Crippen molar-refractivity contribution in [3.8, 4) is 0 Å². The largest absolute Gasteiger partial charge is 0.306 e. The molecule has 3 nitrogen and oxygen atoms in total. The summed E-state index contributed by atoms with van der Waals surface area (Å²) in [6.45, 7) is 3.23. The van der Waals surface area contributed by atoms with Crippen LogP contribution in [0.4, 0.5) is 0 Å². The highest BCUT2D eigenvalue weighted by atomic mass is 32.2. The van der Waals surface area contributed by atoms with Crippen molar-refractivity contribution in [3.63, 3.8) is 0 Å². The molecule has 0 atom stereocenters. The molecule has 2 heterocycles. The molecule has 1 aliphatic heterocycles. The Kier molecular flexibility index (Phi) is 1.85. The Labute approximate surface area is 70.2 Å². The van der Waals surface area contributed by atoms with Crippen molar-refractivity contribution >= 4 is 11.8 Å². The first-order valence-electron chi connectivity index (χ1n) is 3.96. The molecule has 0 saturated carbocycles. The van der Waals surface area contributed by atoms with Gasteiger partial charge in [0, 0.05) is 18.7 Å². The topological polar surface area (TPSA) is 30.7 Å². The van der Waals surface area contributed by atoms with Crippen LogP contribution in [0.5, 0.6) is 0 Å². The maximum absolute atomic E-state index is 4.11. The lowest BCUT2D eigenvalue weighted by atomic mass is 10.4. The van der Waals surface area contributed by atoms with Gasteiger partial charge in [0.05, 0.1) is 0 Å². The zero-order valence-corrected chi connectivity index (χ0v) is 7.39. The normalized spacial score (nSPS) is 16.5. The summed E-state index contributed by atoms with van der Waals surface area (Å²) in [5.74, 6) is 2.33. The van der Waals surface area contributed by atoms with Crippen LogP contribution in [0.1, 0.15) is 19.2 Å². The summed E-state index contributed by atoms with van der Waals surface area (Å²) in [5.41, 5.74) is 0. The number of hydrogen-bond donors (Lipinski definition) is 0. The Morgan fingerprint density at radius 1 is 1.55 bits per heavy atom. The molecule has 0 bridgehead atoms. The van der Waals surface area contributed by atoms with E-state index >= 15 is 0 Å². The van der Waals surface area contributed by atoms with E-state index in [4.69, 9.17) is 0 Å². The molecule has 4 heteroatoms. The van der Waals surface area contributed by atoms with E-state index in [2.05, 4.69) is 21.7 Å². The molecule has 1 aromatic rings. The number of hydrogen-bond acceptors (Lipinski definition) is 3. The highest BCUT2D eigenvalue weighted by molar-refractivity contribution is 7.99. The number of aryl methyl sites for hydroxylation is 1. The van der Waals surface area contributed by atoms with Gasteiger partial charge in [-0.1, -0.05) is 18.7 Å². The lowest BCUT2D eigenvalue weighted by Gasteiger charge is -2.12. The van der Waals surface area contributed by atoms with E-state index in [0.29, 0.717) is 0 Å². The summed E-state index contributed by atoms with van der Waals surface area (Å²) < 4.78 is 2.23. The summed E-state index contributed by atoms with van der Waals surface area (Å²) in [7, 11) is 0. The van der Waals surface area contributed by atoms with Crippen LogP contribution in [0.3, 0.4) is 0 Å². The van der Waals surface area contributed by atoms with Crippen LogP contribution >= 0.6 is 11.8 Å². The summed E-state index contributed by atoms with van der Waals surface area (Å²) in [4.78, 5) is 0. The summed E-state index contributed by atoms with van der Waals surface area (Å²) in [6.07, 6.45) is 2.25. The number of fused-ring (bicyclic) bond motifs is 1. The average molecular weight is 169 g/mol. The minimum Gasteiger partial charge on any atom is -0.306 e. The summed E-state index contributed by atoms with van der Waals surface area (Å²) in [5, 5.41) is 9.32. The molecule has 0 fully saturated rings. The molecule has 0 spiro atoms. The molecule has 0 saturated heterocycles. The second-order valence-electron chi connectivity index (χ2n) is 2.61. The quantitative estimate of drug-likeness (QED) is 0.635. The molecular formula is C7H11N3S. The predicted molar refractivity (Wildman–Crippen MR) is 44.7 cm³/mol. The third-order valence-corrected chi connectivity index (χ3v) is 2.92. The van der Waals surface area contributed by atoms with E-state index < -0.39 is 0 Å². The van der Waals surface area contributed by atoms with Crippen LogP contribution in [0.15, 0.2) is 5.16 Å². The Hall–Kier alpha value is -0.510. The Bertz CT molecular complexity index is 243. The molecule has 60 valence electrons. The zero-order chi connectivity index (χ0) is 7.68. The van der Waals surface area contributed by atoms with E-state index in [-0.39, 0.29) is 0 Å². The first-order valence-corrected chi connectivity index (χ1v) is 4.95.